The van der Waals surface area contributed by atoms with E-state index < -0.39 is 0 Å². The lowest BCUT2D eigenvalue weighted by molar-refractivity contribution is -0.0984. The molecule has 2 unspecified atom stereocenters. The molecule has 0 aromatic rings. The van der Waals surface area contributed by atoms with Crippen molar-refractivity contribution in [2.75, 3.05) is 19.8 Å². The molecule has 0 aliphatic carbocycles. The molecule has 1 heterocycles. The van der Waals surface area contributed by atoms with Crippen LogP contribution >= 0.6 is 0 Å². The molecule has 102 valence electrons. The Morgan fingerprint density at radius 1 is 1.29 bits per heavy atom. The first-order chi connectivity index (χ1) is 7.95. The molecule has 1 rings (SSSR count). The van der Waals surface area contributed by atoms with Crippen molar-refractivity contribution < 1.29 is 14.6 Å². The van der Waals surface area contributed by atoms with Gasteiger partial charge in [-0.05, 0) is 37.5 Å². The van der Waals surface area contributed by atoms with Crippen LogP contribution in [0, 0.1) is 11.3 Å². The van der Waals surface area contributed by atoms with Crippen LogP contribution < -0.4 is 0 Å². The van der Waals surface area contributed by atoms with Crippen LogP contribution in [0.2, 0.25) is 0 Å². The summed E-state index contributed by atoms with van der Waals surface area (Å²) >= 11 is 0. The number of ether oxygens (including phenoxy) is 2. The van der Waals surface area contributed by atoms with Gasteiger partial charge in [0.05, 0.1) is 12.2 Å². The van der Waals surface area contributed by atoms with Crippen molar-refractivity contribution in [1.29, 1.82) is 0 Å². The summed E-state index contributed by atoms with van der Waals surface area (Å²) in [5, 5.41) is 10.4. The molecule has 0 aromatic carbocycles. The van der Waals surface area contributed by atoms with Crippen LogP contribution in [-0.2, 0) is 9.47 Å². The predicted molar refractivity (Wildman–Crippen MR) is 69.0 cm³/mol. The zero-order valence-electron chi connectivity index (χ0n) is 11.7. The Labute approximate surface area is 105 Å². The summed E-state index contributed by atoms with van der Waals surface area (Å²) in [6.07, 6.45) is 2.54. The molecule has 1 aliphatic heterocycles. The van der Waals surface area contributed by atoms with Crippen LogP contribution in [0.15, 0.2) is 0 Å². The van der Waals surface area contributed by atoms with E-state index in [1.165, 1.54) is 0 Å². The molecule has 1 saturated heterocycles. The van der Waals surface area contributed by atoms with E-state index in [4.69, 9.17) is 9.47 Å². The third-order valence-corrected chi connectivity index (χ3v) is 3.46. The molecule has 0 spiro atoms. The fourth-order valence-electron chi connectivity index (χ4n) is 2.57. The zero-order valence-corrected chi connectivity index (χ0v) is 11.7. The average molecular weight is 244 g/mol. The van der Waals surface area contributed by atoms with E-state index in [-0.39, 0.29) is 17.6 Å². The molecule has 1 aliphatic rings. The Hall–Kier alpha value is -0.120. The minimum atomic E-state index is -0.363. The van der Waals surface area contributed by atoms with Crippen LogP contribution in [0.3, 0.4) is 0 Å². The van der Waals surface area contributed by atoms with E-state index in [0.717, 1.165) is 32.5 Å². The van der Waals surface area contributed by atoms with Gasteiger partial charge in [0.15, 0.2) is 0 Å². The largest absolute Gasteiger partial charge is 0.390 e. The van der Waals surface area contributed by atoms with E-state index in [0.29, 0.717) is 12.5 Å². The average Bonchev–Trinajstić information content (AvgIpc) is 2.25. The predicted octanol–water partition coefficient (Wildman–Crippen LogP) is 2.62. The minimum absolute atomic E-state index is 0.0133. The van der Waals surface area contributed by atoms with Gasteiger partial charge >= 0.3 is 0 Å². The molecule has 17 heavy (non-hydrogen) atoms. The molecule has 1 fully saturated rings. The van der Waals surface area contributed by atoms with Gasteiger partial charge in [-0.3, -0.25) is 0 Å². The first kappa shape index (κ1) is 14.9. The maximum atomic E-state index is 10.4. The van der Waals surface area contributed by atoms with Crippen molar-refractivity contribution in [2.45, 2.75) is 59.2 Å². The van der Waals surface area contributed by atoms with Crippen molar-refractivity contribution in [2.24, 2.45) is 11.3 Å². The Bertz CT molecular complexity index is 204. The van der Waals surface area contributed by atoms with E-state index in [1.54, 1.807) is 0 Å². The second-order valence-corrected chi connectivity index (χ2v) is 6.10. The van der Waals surface area contributed by atoms with Gasteiger partial charge in [-0.1, -0.05) is 20.8 Å². The van der Waals surface area contributed by atoms with Gasteiger partial charge in [0.25, 0.3) is 0 Å². The van der Waals surface area contributed by atoms with Gasteiger partial charge in [-0.25, -0.2) is 0 Å². The standard InChI is InChI=1S/C14H28O3/c1-5-17-13(14(2,3)4)12(15)10-11-6-8-16-9-7-11/h11-13,15H,5-10H2,1-4H3. The number of hydrogen-bond donors (Lipinski definition) is 1. The molecular formula is C14H28O3. The van der Waals surface area contributed by atoms with Gasteiger partial charge in [0, 0.05) is 19.8 Å². The smallest absolute Gasteiger partial charge is 0.0881 e. The normalized spacial score (nSPS) is 22.4. The summed E-state index contributed by atoms with van der Waals surface area (Å²) in [4.78, 5) is 0. The van der Waals surface area contributed by atoms with Crippen LogP contribution in [0.25, 0.3) is 0 Å². The monoisotopic (exact) mass is 244 g/mol. The van der Waals surface area contributed by atoms with Gasteiger partial charge in [-0.2, -0.15) is 0 Å². The number of hydrogen-bond acceptors (Lipinski definition) is 3. The highest BCUT2D eigenvalue weighted by atomic mass is 16.5. The summed E-state index contributed by atoms with van der Waals surface area (Å²) < 4.78 is 11.1. The van der Waals surface area contributed by atoms with Crippen LogP contribution in [0.5, 0.6) is 0 Å². The van der Waals surface area contributed by atoms with Crippen molar-refractivity contribution in [3.63, 3.8) is 0 Å². The maximum Gasteiger partial charge on any atom is 0.0881 e. The molecular weight excluding hydrogens is 216 g/mol. The molecule has 0 saturated carbocycles. The summed E-state index contributed by atoms with van der Waals surface area (Å²) in [6, 6.07) is 0. The van der Waals surface area contributed by atoms with Gasteiger partial charge in [0.2, 0.25) is 0 Å². The van der Waals surface area contributed by atoms with E-state index >= 15 is 0 Å². The third kappa shape index (κ3) is 4.94. The SMILES string of the molecule is CCOC(C(O)CC1CCOCC1)C(C)(C)C. The molecule has 3 heteroatoms. The molecule has 2 atom stereocenters. The minimum Gasteiger partial charge on any atom is -0.390 e. The fourth-order valence-corrected chi connectivity index (χ4v) is 2.57. The van der Waals surface area contributed by atoms with Crippen molar-refractivity contribution in [1.82, 2.24) is 0 Å². The van der Waals surface area contributed by atoms with Crippen LogP contribution in [0.1, 0.15) is 47.0 Å². The van der Waals surface area contributed by atoms with E-state index in [9.17, 15) is 5.11 Å². The van der Waals surface area contributed by atoms with Crippen molar-refractivity contribution >= 4 is 0 Å². The Kier molecular flexibility index (Phi) is 5.90. The highest BCUT2D eigenvalue weighted by Crippen LogP contribution is 2.30. The second-order valence-electron chi connectivity index (χ2n) is 6.10. The Balaban J connectivity index is 2.48. The number of rotatable bonds is 5. The highest BCUT2D eigenvalue weighted by Gasteiger charge is 2.33. The van der Waals surface area contributed by atoms with E-state index in [1.807, 2.05) is 6.92 Å². The summed E-state index contributed by atoms with van der Waals surface area (Å²) in [7, 11) is 0. The molecule has 0 radical (unpaired) electrons. The second kappa shape index (κ2) is 6.72. The third-order valence-electron chi connectivity index (χ3n) is 3.46. The first-order valence-electron chi connectivity index (χ1n) is 6.82. The summed E-state index contributed by atoms with van der Waals surface area (Å²) in [5.74, 6) is 0.587. The highest BCUT2D eigenvalue weighted by molar-refractivity contribution is 4.83. The molecule has 1 N–H and O–H groups in total. The lowest BCUT2D eigenvalue weighted by atomic mass is 9.81. The zero-order chi connectivity index (χ0) is 12.9. The molecule has 0 bridgehead atoms. The first-order valence-corrected chi connectivity index (χ1v) is 6.82. The fraction of sp³-hybridized carbons (Fsp3) is 1.00. The van der Waals surface area contributed by atoms with Gasteiger partial charge < -0.3 is 14.6 Å². The van der Waals surface area contributed by atoms with Gasteiger partial charge in [0.1, 0.15) is 0 Å². The van der Waals surface area contributed by atoms with E-state index in [2.05, 4.69) is 20.8 Å². The lowest BCUT2D eigenvalue weighted by Gasteiger charge is -2.36. The maximum absolute atomic E-state index is 10.4. The molecule has 3 nitrogen and oxygen atoms in total. The van der Waals surface area contributed by atoms with Crippen LogP contribution in [-0.4, -0.2) is 37.1 Å². The molecule has 0 amide bonds. The topological polar surface area (TPSA) is 38.7 Å². The number of aliphatic hydroxyl groups is 1. The summed E-state index contributed by atoms with van der Waals surface area (Å²) in [6.45, 7) is 10.7. The number of aliphatic hydroxyl groups excluding tert-OH is 1. The Morgan fingerprint density at radius 2 is 1.88 bits per heavy atom. The van der Waals surface area contributed by atoms with Crippen molar-refractivity contribution in [3.05, 3.63) is 0 Å². The Morgan fingerprint density at radius 3 is 2.35 bits per heavy atom. The lowest BCUT2D eigenvalue weighted by Crippen LogP contribution is -2.41. The molecule has 0 aromatic heterocycles. The van der Waals surface area contributed by atoms with Crippen LogP contribution in [0.4, 0.5) is 0 Å². The summed E-state index contributed by atoms with van der Waals surface area (Å²) in [5.41, 5.74) is -0.0133. The van der Waals surface area contributed by atoms with Crippen molar-refractivity contribution in [3.8, 4) is 0 Å². The quantitative estimate of drug-likeness (QED) is 0.808. The van der Waals surface area contributed by atoms with Gasteiger partial charge in [-0.15, -0.1) is 0 Å².